The van der Waals surface area contributed by atoms with E-state index in [9.17, 15) is 28.8 Å². The molecular weight excluding hydrogens is 949 g/mol. The quantitative estimate of drug-likeness (QED) is 0.0430. The molecule has 14 nitrogen and oxygen atoms in total. The SMILES string of the molecule is CC(=O)C(N=Nc1cc(C(=O)Nc2ccc(C(C)Cl)cc2)ccc1Cl)C(=O)Nc1ccc(NC(=O)C(N=Nc2cc(C(=O)Nc3ccc(C(C)Cl)cc3)ccc2Cl)C(C)=O)c(Cl)c1Cl. The fourth-order valence-electron chi connectivity index (χ4n) is 5.55. The Morgan fingerprint density at radius 2 is 0.828 bits per heavy atom. The van der Waals surface area contributed by atoms with E-state index in [1.165, 1.54) is 48.5 Å². The van der Waals surface area contributed by atoms with Crippen molar-refractivity contribution in [1.82, 2.24) is 0 Å². The van der Waals surface area contributed by atoms with Crippen LogP contribution in [0.3, 0.4) is 0 Å². The number of carbonyl (C=O) groups excluding carboxylic acids is 6. The molecule has 0 fully saturated rings. The van der Waals surface area contributed by atoms with Crippen LogP contribution in [0.25, 0.3) is 0 Å². The summed E-state index contributed by atoms with van der Waals surface area (Å²) in [7, 11) is 0. The van der Waals surface area contributed by atoms with Crippen LogP contribution in [0.15, 0.2) is 118 Å². The predicted octanol–water partition coefficient (Wildman–Crippen LogP) is 12.8. The van der Waals surface area contributed by atoms with Gasteiger partial charge in [0.1, 0.15) is 11.4 Å². The lowest BCUT2D eigenvalue weighted by atomic mass is 10.1. The Labute approximate surface area is 397 Å². The van der Waals surface area contributed by atoms with Crippen molar-refractivity contribution < 1.29 is 28.8 Å². The van der Waals surface area contributed by atoms with E-state index in [4.69, 9.17) is 69.6 Å². The molecule has 0 aliphatic heterocycles. The van der Waals surface area contributed by atoms with E-state index >= 15 is 0 Å². The summed E-state index contributed by atoms with van der Waals surface area (Å²) >= 11 is 37.8. The molecule has 0 radical (unpaired) electrons. The van der Waals surface area contributed by atoms with Crippen LogP contribution in [-0.4, -0.2) is 47.3 Å². The molecule has 0 bridgehead atoms. The molecule has 0 spiro atoms. The fraction of sp³-hybridized carbons (Fsp3) is 0.182. The van der Waals surface area contributed by atoms with Crippen molar-refractivity contribution in [2.45, 2.75) is 50.5 Å². The van der Waals surface area contributed by atoms with Gasteiger partial charge in [-0.2, -0.15) is 20.5 Å². The van der Waals surface area contributed by atoms with Crippen molar-refractivity contribution in [3.8, 4) is 0 Å². The third-order valence-electron chi connectivity index (χ3n) is 9.10. The van der Waals surface area contributed by atoms with Gasteiger partial charge in [-0.1, -0.05) is 70.7 Å². The number of ketones is 2. The number of nitrogens with one attached hydrogen (secondary N) is 4. The normalized spacial score (nSPS) is 13.2. The largest absolute Gasteiger partial charge is 0.322 e. The van der Waals surface area contributed by atoms with Crippen LogP contribution in [0.4, 0.5) is 34.1 Å². The van der Waals surface area contributed by atoms with Gasteiger partial charge in [-0.15, -0.1) is 23.2 Å². The highest BCUT2D eigenvalue weighted by molar-refractivity contribution is 6.46. The number of anilines is 4. The maximum absolute atomic E-state index is 13.3. The topological polar surface area (TPSA) is 200 Å². The Kier molecular flexibility index (Phi) is 17.1. The van der Waals surface area contributed by atoms with E-state index in [1.807, 2.05) is 13.8 Å². The molecule has 4 N–H and O–H groups in total. The van der Waals surface area contributed by atoms with E-state index in [0.717, 1.165) is 25.0 Å². The van der Waals surface area contributed by atoms with Crippen molar-refractivity contribution in [2.24, 2.45) is 20.5 Å². The number of rotatable bonds is 16. The summed E-state index contributed by atoms with van der Waals surface area (Å²) < 4.78 is 0. The Bertz CT molecular complexity index is 2490. The number of halogens is 6. The van der Waals surface area contributed by atoms with Crippen LogP contribution in [0.1, 0.15) is 70.3 Å². The summed E-state index contributed by atoms with van der Waals surface area (Å²) in [4.78, 5) is 77.8. The molecule has 0 aliphatic carbocycles. The van der Waals surface area contributed by atoms with Gasteiger partial charge in [0.15, 0.2) is 11.6 Å². The van der Waals surface area contributed by atoms with E-state index in [0.29, 0.717) is 11.4 Å². The van der Waals surface area contributed by atoms with Crippen molar-refractivity contribution in [2.75, 3.05) is 21.3 Å². The van der Waals surface area contributed by atoms with Crippen LogP contribution in [0, 0.1) is 0 Å². The monoisotopic (exact) mass is 982 g/mol. The Morgan fingerprint density at radius 3 is 1.14 bits per heavy atom. The third-order valence-corrected chi connectivity index (χ3v) is 11.1. The molecule has 0 heterocycles. The standard InChI is InChI=1S/C44H36Cl6N8O6/c1-21(45)25-5-11-29(12-6-25)51-41(61)27-9-15-31(47)35(19-27)55-57-39(23(3)59)43(63)53-33-17-18-34(38(50)37(33)49)54-44(64)40(24(4)60)58-56-36-20-28(10-16-32(36)48)42(62)52-30-13-7-26(8-14-30)22(2)46/h5-22,39-40H,1-4H3,(H,51,61)(H,52,62)(H,53,63)(H,54,64). The lowest BCUT2D eigenvalue weighted by Crippen LogP contribution is -2.32. The van der Waals surface area contributed by atoms with Gasteiger partial charge in [-0.25, -0.2) is 0 Å². The van der Waals surface area contributed by atoms with Gasteiger partial charge in [0.2, 0.25) is 12.1 Å². The number of azo groups is 2. The minimum atomic E-state index is -1.69. The summed E-state index contributed by atoms with van der Waals surface area (Å²) in [6.45, 7) is 5.89. The van der Waals surface area contributed by atoms with Gasteiger partial charge in [0.25, 0.3) is 23.6 Å². The number of benzene rings is 5. The molecule has 4 amide bonds. The molecule has 64 heavy (non-hydrogen) atoms. The highest BCUT2D eigenvalue weighted by Gasteiger charge is 2.27. The number of hydrogen-bond acceptors (Lipinski definition) is 10. The number of amides is 4. The Balaban J connectivity index is 1.25. The fourth-order valence-corrected chi connectivity index (χ4v) is 6.58. The van der Waals surface area contributed by atoms with Crippen LogP contribution in [-0.2, 0) is 19.2 Å². The zero-order valence-electron chi connectivity index (χ0n) is 34.1. The lowest BCUT2D eigenvalue weighted by molar-refractivity contribution is -0.127. The van der Waals surface area contributed by atoms with Gasteiger partial charge in [0, 0.05) is 22.5 Å². The summed E-state index contributed by atoms with van der Waals surface area (Å²) in [6, 6.07) is 21.6. The molecule has 4 atom stereocenters. The summed E-state index contributed by atoms with van der Waals surface area (Å²) in [6.07, 6.45) is 0. The molecule has 0 saturated carbocycles. The van der Waals surface area contributed by atoms with Crippen LogP contribution in [0.2, 0.25) is 20.1 Å². The average molecular weight is 986 g/mol. The first-order valence-electron chi connectivity index (χ1n) is 18.9. The van der Waals surface area contributed by atoms with Crippen LogP contribution < -0.4 is 21.3 Å². The highest BCUT2D eigenvalue weighted by atomic mass is 35.5. The summed E-state index contributed by atoms with van der Waals surface area (Å²) in [5.41, 5.74) is 3.00. The highest BCUT2D eigenvalue weighted by Crippen LogP contribution is 2.37. The van der Waals surface area contributed by atoms with E-state index in [-0.39, 0.29) is 64.7 Å². The molecule has 5 aromatic rings. The van der Waals surface area contributed by atoms with E-state index in [1.54, 1.807) is 48.5 Å². The lowest BCUT2D eigenvalue weighted by Gasteiger charge is -2.15. The second-order valence-electron chi connectivity index (χ2n) is 13.9. The maximum Gasteiger partial charge on any atom is 0.258 e. The number of carbonyl (C=O) groups is 6. The minimum Gasteiger partial charge on any atom is -0.322 e. The van der Waals surface area contributed by atoms with Crippen molar-refractivity contribution in [3.63, 3.8) is 0 Å². The molecule has 0 aliphatic rings. The molecule has 4 unspecified atom stereocenters. The number of Topliss-reactive ketones (excluding diaryl/α,β-unsaturated/α-hetero) is 2. The predicted molar refractivity (Wildman–Crippen MR) is 252 cm³/mol. The molecular formula is C44H36Cl6N8O6. The molecule has 330 valence electrons. The van der Waals surface area contributed by atoms with Crippen LogP contribution >= 0.6 is 69.6 Å². The number of hydrogen-bond donors (Lipinski definition) is 4. The van der Waals surface area contributed by atoms with E-state index in [2.05, 4.69) is 41.7 Å². The maximum atomic E-state index is 13.3. The zero-order valence-corrected chi connectivity index (χ0v) is 38.6. The van der Waals surface area contributed by atoms with Gasteiger partial charge < -0.3 is 21.3 Å². The summed E-state index contributed by atoms with van der Waals surface area (Å²) in [5, 5.41) is 25.5. The minimum absolute atomic E-state index is 0.00358. The molecule has 0 saturated heterocycles. The zero-order chi connectivity index (χ0) is 46.8. The van der Waals surface area contributed by atoms with Crippen molar-refractivity contribution in [3.05, 3.63) is 139 Å². The average Bonchev–Trinajstić information content (AvgIpc) is 3.24. The van der Waals surface area contributed by atoms with E-state index < -0.39 is 47.3 Å². The van der Waals surface area contributed by atoms with Gasteiger partial charge in [-0.3, -0.25) is 28.8 Å². The third kappa shape index (κ3) is 12.9. The Morgan fingerprint density at radius 1 is 0.484 bits per heavy atom. The molecule has 0 aromatic heterocycles. The second kappa shape index (κ2) is 22.2. The first-order valence-corrected chi connectivity index (χ1v) is 21.3. The van der Waals surface area contributed by atoms with Crippen LogP contribution in [0.5, 0.6) is 0 Å². The van der Waals surface area contributed by atoms with Crippen molar-refractivity contribution >= 4 is 139 Å². The molecule has 5 aromatic carbocycles. The Hall–Kier alpha value is -5.74. The molecule has 20 heteroatoms. The van der Waals surface area contributed by atoms with Gasteiger partial charge in [-0.05, 0) is 112 Å². The second-order valence-corrected chi connectivity index (χ2v) is 16.8. The summed E-state index contributed by atoms with van der Waals surface area (Å²) in [5.74, 6) is -4.25. The number of nitrogens with zero attached hydrogens (tertiary/aromatic N) is 4. The van der Waals surface area contributed by atoms with Crippen molar-refractivity contribution in [1.29, 1.82) is 0 Å². The first-order chi connectivity index (χ1) is 30.3. The first kappa shape index (κ1) is 49.3. The van der Waals surface area contributed by atoms with Gasteiger partial charge in [0.05, 0.1) is 42.2 Å². The molecule has 5 rings (SSSR count). The van der Waals surface area contributed by atoms with Gasteiger partial charge >= 0.3 is 0 Å². The smallest absolute Gasteiger partial charge is 0.258 e. The number of alkyl halides is 2.